The highest BCUT2D eigenvalue weighted by Gasteiger charge is 2.30. The molecule has 0 amide bonds. The highest BCUT2D eigenvalue weighted by Crippen LogP contribution is 2.24. The van der Waals surface area contributed by atoms with Crippen LogP contribution in [-0.2, 0) is 6.42 Å². The second-order valence-electron chi connectivity index (χ2n) is 5.72. The summed E-state index contributed by atoms with van der Waals surface area (Å²) in [5, 5.41) is 9.97. The summed E-state index contributed by atoms with van der Waals surface area (Å²) < 4.78 is 19.2. The SMILES string of the molecule is CN1C[C@H](F)C[C@H]1COc1nc2ccccc2cc1CC#N. The van der Waals surface area contributed by atoms with Gasteiger partial charge in [0.1, 0.15) is 12.8 Å². The molecule has 0 unspecified atom stereocenters. The number of nitrogens with zero attached hydrogens (tertiary/aromatic N) is 3. The molecule has 0 bridgehead atoms. The maximum atomic E-state index is 13.4. The molecule has 2 atom stereocenters. The number of hydrogen-bond acceptors (Lipinski definition) is 4. The van der Waals surface area contributed by atoms with Crippen molar-refractivity contribution in [3.63, 3.8) is 0 Å². The Kier molecular flexibility index (Phi) is 4.21. The number of likely N-dealkylation sites (tertiary alicyclic amines) is 1. The van der Waals surface area contributed by atoms with Crippen LogP contribution in [0.1, 0.15) is 12.0 Å². The molecule has 1 aliphatic rings. The molecule has 0 radical (unpaired) electrons. The minimum Gasteiger partial charge on any atom is -0.476 e. The first kappa shape index (κ1) is 14.7. The fraction of sp³-hybridized carbons (Fsp3) is 0.412. The number of hydrogen-bond donors (Lipinski definition) is 0. The number of alkyl halides is 1. The Morgan fingerprint density at radius 3 is 3.00 bits per heavy atom. The number of para-hydroxylation sites is 1. The van der Waals surface area contributed by atoms with E-state index in [0.29, 0.717) is 25.5 Å². The van der Waals surface area contributed by atoms with Crippen LogP contribution in [-0.4, -0.2) is 42.3 Å². The number of nitriles is 1. The second-order valence-corrected chi connectivity index (χ2v) is 5.72. The molecular weight excluding hydrogens is 281 g/mol. The number of aromatic nitrogens is 1. The lowest BCUT2D eigenvalue weighted by Gasteiger charge is -2.19. The summed E-state index contributed by atoms with van der Waals surface area (Å²) in [5.41, 5.74) is 1.61. The normalized spacial score (nSPS) is 21.9. The lowest BCUT2D eigenvalue weighted by molar-refractivity contribution is 0.192. The molecule has 2 aromatic rings. The third-order valence-corrected chi connectivity index (χ3v) is 4.08. The Morgan fingerprint density at radius 2 is 2.27 bits per heavy atom. The highest BCUT2D eigenvalue weighted by molar-refractivity contribution is 5.80. The molecule has 1 aliphatic heterocycles. The van der Waals surface area contributed by atoms with Gasteiger partial charge < -0.3 is 4.74 Å². The van der Waals surface area contributed by atoms with Gasteiger partial charge in [-0.3, -0.25) is 4.90 Å². The van der Waals surface area contributed by atoms with E-state index in [2.05, 4.69) is 11.1 Å². The lowest BCUT2D eigenvalue weighted by atomic mass is 10.1. The van der Waals surface area contributed by atoms with Gasteiger partial charge in [0.15, 0.2) is 0 Å². The van der Waals surface area contributed by atoms with Crippen LogP contribution < -0.4 is 4.74 Å². The van der Waals surface area contributed by atoms with E-state index in [9.17, 15) is 4.39 Å². The van der Waals surface area contributed by atoms with Crippen molar-refractivity contribution in [2.24, 2.45) is 0 Å². The number of ether oxygens (including phenoxy) is 1. The van der Waals surface area contributed by atoms with Crippen molar-refractivity contribution >= 4 is 10.9 Å². The molecule has 5 heteroatoms. The van der Waals surface area contributed by atoms with E-state index < -0.39 is 6.17 Å². The van der Waals surface area contributed by atoms with E-state index >= 15 is 0 Å². The number of rotatable bonds is 4. The Bertz CT molecular complexity index is 713. The fourth-order valence-electron chi connectivity index (χ4n) is 2.86. The zero-order valence-electron chi connectivity index (χ0n) is 12.5. The minimum atomic E-state index is -0.790. The first-order valence-corrected chi connectivity index (χ1v) is 7.40. The van der Waals surface area contributed by atoms with Gasteiger partial charge in [0.2, 0.25) is 5.88 Å². The van der Waals surface area contributed by atoms with Crippen LogP contribution in [0.2, 0.25) is 0 Å². The lowest BCUT2D eigenvalue weighted by Crippen LogP contribution is -2.31. The molecule has 0 saturated carbocycles. The first-order chi connectivity index (χ1) is 10.7. The summed E-state index contributed by atoms with van der Waals surface area (Å²) in [6, 6.07) is 11.9. The van der Waals surface area contributed by atoms with E-state index in [0.717, 1.165) is 16.5 Å². The Labute approximate surface area is 129 Å². The van der Waals surface area contributed by atoms with Gasteiger partial charge in [0.25, 0.3) is 0 Å². The molecule has 114 valence electrons. The van der Waals surface area contributed by atoms with Crippen molar-refractivity contribution in [1.29, 1.82) is 5.26 Å². The van der Waals surface area contributed by atoms with Crippen LogP contribution in [0.25, 0.3) is 10.9 Å². The summed E-state index contributed by atoms with van der Waals surface area (Å²) in [6.07, 6.45) is -0.0568. The number of halogens is 1. The van der Waals surface area contributed by atoms with Crippen molar-refractivity contribution < 1.29 is 9.13 Å². The van der Waals surface area contributed by atoms with E-state index in [1.54, 1.807) is 0 Å². The predicted octanol–water partition coefficient (Wildman–Crippen LogP) is 2.72. The van der Waals surface area contributed by atoms with E-state index in [1.165, 1.54) is 0 Å². The summed E-state index contributed by atoms with van der Waals surface area (Å²) >= 11 is 0. The molecule has 0 spiro atoms. The molecule has 1 aromatic carbocycles. The zero-order chi connectivity index (χ0) is 15.5. The van der Waals surface area contributed by atoms with E-state index in [-0.39, 0.29) is 12.5 Å². The van der Waals surface area contributed by atoms with E-state index in [1.807, 2.05) is 42.3 Å². The van der Waals surface area contributed by atoms with Crippen molar-refractivity contribution in [3.8, 4) is 11.9 Å². The van der Waals surface area contributed by atoms with Crippen molar-refractivity contribution in [2.75, 3.05) is 20.2 Å². The standard InChI is InChI=1S/C17H18FN3O/c1-21-10-14(18)9-15(21)11-22-17-13(6-7-19)8-12-4-2-3-5-16(12)20-17/h2-5,8,14-15H,6,9-11H2,1H3/t14-,15+/m1/s1. The van der Waals surface area contributed by atoms with Gasteiger partial charge >= 0.3 is 0 Å². The smallest absolute Gasteiger partial charge is 0.218 e. The van der Waals surface area contributed by atoms with Crippen LogP contribution in [0.4, 0.5) is 4.39 Å². The summed E-state index contributed by atoms with van der Waals surface area (Å²) in [5.74, 6) is 0.482. The Morgan fingerprint density at radius 1 is 1.45 bits per heavy atom. The topological polar surface area (TPSA) is 49.1 Å². The fourth-order valence-corrected chi connectivity index (χ4v) is 2.86. The maximum absolute atomic E-state index is 13.4. The van der Waals surface area contributed by atoms with Crippen LogP contribution >= 0.6 is 0 Å². The van der Waals surface area contributed by atoms with Gasteiger partial charge in [0, 0.05) is 23.5 Å². The Balaban J connectivity index is 1.82. The monoisotopic (exact) mass is 299 g/mol. The molecule has 3 rings (SSSR count). The average Bonchev–Trinajstić information content (AvgIpc) is 2.83. The third kappa shape index (κ3) is 3.02. The van der Waals surface area contributed by atoms with Crippen molar-refractivity contribution in [1.82, 2.24) is 9.88 Å². The average molecular weight is 299 g/mol. The van der Waals surface area contributed by atoms with E-state index in [4.69, 9.17) is 10.00 Å². The van der Waals surface area contributed by atoms with Gasteiger partial charge in [-0.25, -0.2) is 9.37 Å². The first-order valence-electron chi connectivity index (χ1n) is 7.40. The molecular formula is C17H18FN3O. The molecule has 1 saturated heterocycles. The molecule has 0 aliphatic carbocycles. The predicted molar refractivity (Wildman–Crippen MR) is 82.5 cm³/mol. The zero-order valence-corrected chi connectivity index (χ0v) is 12.5. The van der Waals surface area contributed by atoms with Crippen LogP contribution in [0.5, 0.6) is 5.88 Å². The van der Waals surface area contributed by atoms with Crippen molar-refractivity contribution in [3.05, 3.63) is 35.9 Å². The molecule has 4 nitrogen and oxygen atoms in total. The van der Waals surface area contributed by atoms with Gasteiger partial charge in [-0.15, -0.1) is 0 Å². The summed E-state index contributed by atoms with van der Waals surface area (Å²) in [6.45, 7) is 0.838. The molecule has 2 heterocycles. The summed E-state index contributed by atoms with van der Waals surface area (Å²) in [7, 11) is 1.90. The quantitative estimate of drug-likeness (QED) is 0.871. The largest absolute Gasteiger partial charge is 0.476 e. The molecule has 1 fully saturated rings. The third-order valence-electron chi connectivity index (χ3n) is 4.08. The molecule has 1 aromatic heterocycles. The summed E-state index contributed by atoms with van der Waals surface area (Å²) in [4.78, 5) is 6.48. The van der Waals surface area contributed by atoms with Crippen LogP contribution in [0.15, 0.2) is 30.3 Å². The molecule has 0 N–H and O–H groups in total. The maximum Gasteiger partial charge on any atom is 0.218 e. The second kappa shape index (κ2) is 6.29. The number of benzene rings is 1. The van der Waals surface area contributed by atoms with Crippen LogP contribution in [0.3, 0.4) is 0 Å². The number of pyridine rings is 1. The van der Waals surface area contributed by atoms with Crippen molar-refractivity contribution in [2.45, 2.75) is 25.1 Å². The van der Waals surface area contributed by atoms with Gasteiger partial charge in [-0.05, 0) is 25.6 Å². The van der Waals surface area contributed by atoms with Gasteiger partial charge in [0.05, 0.1) is 18.0 Å². The minimum absolute atomic E-state index is 0.0539. The highest BCUT2D eigenvalue weighted by atomic mass is 19.1. The number of likely N-dealkylation sites (N-methyl/N-ethyl adjacent to an activating group) is 1. The van der Waals surface area contributed by atoms with Gasteiger partial charge in [-0.2, -0.15) is 5.26 Å². The molecule has 22 heavy (non-hydrogen) atoms. The number of fused-ring (bicyclic) bond motifs is 1. The Hall–Kier alpha value is -2.19. The van der Waals surface area contributed by atoms with Gasteiger partial charge in [-0.1, -0.05) is 18.2 Å². The van der Waals surface area contributed by atoms with Crippen LogP contribution in [0, 0.1) is 11.3 Å².